The molecule has 23 heavy (non-hydrogen) atoms. The van der Waals surface area contributed by atoms with Gasteiger partial charge in [0, 0.05) is 19.2 Å². The highest BCUT2D eigenvalue weighted by Crippen LogP contribution is 2.13. The van der Waals surface area contributed by atoms with Crippen LogP contribution < -0.4 is 10.1 Å². The quantitative estimate of drug-likeness (QED) is 0.883. The lowest BCUT2D eigenvalue weighted by Crippen LogP contribution is -2.31. The summed E-state index contributed by atoms with van der Waals surface area (Å²) in [5, 5.41) is 6.34. The molecule has 0 spiro atoms. The smallest absolute Gasteiger partial charge is 0.323 e. The van der Waals surface area contributed by atoms with Gasteiger partial charge in [0.2, 0.25) is 5.88 Å². The number of nitrogens with one attached hydrogen (secondary N) is 1. The second-order valence-corrected chi connectivity index (χ2v) is 4.78. The maximum Gasteiger partial charge on any atom is 0.323 e. The third-order valence-corrected chi connectivity index (χ3v) is 2.74. The minimum atomic E-state index is -2.59. The van der Waals surface area contributed by atoms with Crippen molar-refractivity contribution in [3.8, 4) is 5.88 Å². The fraction of sp³-hybridized carbons (Fsp3) is 0.357. The van der Waals surface area contributed by atoms with Crippen LogP contribution in [-0.4, -0.2) is 41.2 Å². The fourth-order valence-corrected chi connectivity index (χ4v) is 1.73. The normalized spacial score (nSPS) is 10.7. The Balaban J connectivity index is 1.92. The van der Waals surface area contributed by atoms with E-state index >= 15 is 0 Å². The lowest BCUT2D eigenvalue weighted by atomic mass is 10.3. The molecule has 0 saturated heterocycles. The predicted molar refractivity (Wildman–Crippen MR) is 77.5 cm³/mol. The Labute approximate surface area is 131 Å². The standard InChI is InChI=1S/C14H16F2N4O3/c1-9-6-10(19-23-9)7-20(2)14(21)18-12-4-3-5-13(17-12)22-8-11(15)16/h3-6,11H,7-8H2,1-2H3,(H,17,18,21). The molecule has 0 fully saturated rings. The van der Waals surface area contributed by atoms with E-state index in [0.717, 1.165) is 0 Å². The first-order valence-corrected chi connectivity index (χ1v) is 6.76. The number of amides is 2. The topological polar surface area (TPSA) is 80.5 Å². The monoisotopic (exact) mass is 326 g/mol. The number of hydrogen-bond acceptors (Lipinski definition) is 5. The van der Waals surface area contributed by atoms with Crippen molar-refractivity contribution < 1.29 is 22.8 Å². The van der Waals surface area contributed by atoms with E-state index in [-0.39, 0.29) is 18.2 Å². The molecular formula is C14H16F2N4O3. The molecule has 0 saturated carbocycles. The molecule has 124 valence electrons. The number of aromatic nitrogens is 2. The largest absolute Gasteiger partial charge is 0.472 e. The molecule has 0 radical (unpaired) electrons. The van der Waals surface area contributed by atoms with Gasteiger partial charge >= 0.3 is 6.03 Å². The number of hydrogen-bond donors (Lipinski definition) is 1. The summed E-state index contributed by atoms with van der Waals surface area (Å²) in [7, 11) is 1.58. The van der Waals surface area contributed by atoms with Gasteiger partial charge in [0.05, 0.1) is 6.54 Å². The first-order chi connectivity index (χ1) is 10.9. The molecule has 2 aromatic heterocycles. The van der Waals surface area contributed by atoms with Crippen molar-refractivity contribution in [1.29, 1.82) is 0 Å². The van der Waals surface area contributed by atoms with Gasteiger partial charge in [0.25, 0.3) is 6.43 Å². The molecule has 2 amide bonds. The van der Waals surface area contributed by atoms with Crippen LogP contribution in [-0.2, 0) is 6.54 Å². The Bertz CT molecular complexity index is 663. The molecule has 0 bridgehead atoms. The van der Waals surface area contributed by atoms with Crippen LogP contribution in [0.15, 0.2) is 28.8 Å². The van der Waals surface area contributed by atoms with E-state index in [9.17, 15) is 13.6 Å². The molecule has 0 aliphatic carbocycles. The highest BCUT2D eigenvalue weighted by molar-refractivity contribution is 5.88. The Morgan fingerprint density at radius 3 is 2.91 bits per heavy atom. The van der Waals surface area contributed by atoms with Gasteiger partial charge in [0.1, 0.15) is 17.3 Å². The second kappa shape index (κ2) is 7.52. The zero-order valence-electron chi connectivity index (χ0n) is 12.6. The molecule has 0 atom stereocenters. The van der Waals surface area contributed by atoms with E-state index < -0.39 is 19.1 Å². The molecule has 1 N–H and O–H groups in total. The highest BCUT2D eigenvalue weighted by Gasteiger charge is 2.13. The van der Waals surface area contributed by atoms with E-state index in [2.05, 4.69) is 15.5 Å². The van der Waals surface area contributed by atoms with Crippen molar-refractivity contribution in [2.45, 2.75) is 19.9 Å². The number of rotatable bonds is 6. The molecule has 0 unspecified atom stereocenters. The van der Waals surface area contributed by atoms with Gasteiger partial charge in [-0.3, -0.25) is 5.32 Å². The van der Waals surface area contributed by atoms with Crippen molar-refractivity contribution in [3.05, 3.63) is 35.7 Å². The van der Waals surface area contributed by atoms with Gasteiger partial charge in [0.15, 0.2) is 6.61 Å². The van der Waals surface area contributed by atoms with Gasteiger partial charge < -0.3 is 14.2 Å². The lowest BCUT2D eigenvalue weighted by Gasteiger charge is -2.16. The van der Waals surface area contributed by atoms with Gasteiger partial charge in [-0.15, -0.1) is 0 Å². The first kappa shape index (κ1) is 16.7. The van der Waals surface area contributed by atoms with Crippen molar-refractivity contribution in [2.75, 3.05) is 19.0 Å². The Hall–Kier alpha value is -2.71. The number of aryl methyl sites for hydroxylation is 1. The van der Waals surface area contributed by atoms with Gasteiger partial charge in [-0.1, -0.05) is 11.2 Å². The zero-order chi connectivity index (χ0) is 16.8. The number of halogens is 2. The lowest BCUT2D eigenvalue weighted by molar-refractivity contribution is 0.0796. The Kier molecular flexibility index (Phi) is 5.45. The van der Waals surface area contributed by atoms with Crippen LogP contribution in [0.1, 0.15) is 11.5 Å². The third-order valence-electron chi connectivity index (χ3n) is 2.74. The number of carbonyl (C=O) groups is 1. The molecule has 0 aliphatic rings. The average Bonchev–Trinajstić information content (AvgIpc) is 2.90. The molecule has 2 aromatic rings. The van der Waals surface area contributed by atoms with Gasteiger partial charge in [-0.25, -0.2) is 13.6 Å². The average molecular weight is 326 g/mol. The summed E-state index contributed by atoms with van der Waals surface area (Å²) in [6.07, 6.45) is -2.59. The maximum absolute atomic E-state index is 12.1. The van der Waals surface area contributed by atoms with Crippen molar-refractivity contribution in [1.82, 2.24) is 15.0 Å². The van der Waals surface area contributed by atoms with Crippen LogP contribution in [0, 0.1) is 6.92 Å². The number of carbonyl (C=O) groups excluding carboxylic acids is 1. The number of nitrogens with zero attached hydrogens (tertiary/aromatic N) is 3. The minimum absolute atomic E-state index is 0.0119. The van der Waals surface area contributed by atoms with Crippen LogP contribution >= 0.6 is 0 Å². The van der Waals surface area contributed by atoms with E-state index in [0.29, 0.717) is 11.5 Å². The molecule has 2 rings (SSSR count). The first-order valence-electron chi connectivity index (χ1n) is 6.76. The van der Waals surface area contributed by atoms with Crippen LogP contribution in [0.25, 0.3) is 0 Å². The van der Waals surface area contributed by atoms with Crippen LogP contribution in [0.3, 0.4) is 0 Å². The van der Waals surface area contributed by atoms with E-state index in [1.807, 2.05) is 0 Å². The number of pyridine rings is 1. The maximum atomic E-state index is 12.1. The number of alkyl halides is 2. The Morgan fingerprint density at radius 2 is 2.26 bits per heavy atom. The highest BCUT2D eigenvalue weighted by atomic mass is 19.3. The third kappa shape index (κ3) is 5.20. The molecule has 7 nitrogen and oxygen atoms in total. The van der Waals surface area contributed by atoms with Gasteiger partial charge in [-0.05, 0) is 13.0 Å². The molecule has 0 aromatic carbocycles. The number of urea groups is 1. The summed E-state index contributed by atoms with van der Waals surface area (Å²) < 4.78 is 33.9. The summed E-state index contributed by atoms with van der Waals surface area (Å²) >= 11 is 0. The SMILES string of the molecule is Cc1cc(CN(C)C(=O)Nc2cccc(OCC(F)F)n2)no1. The van der Waals surface area contributed by atoms with Crippen molar-refractivity contribution >= 4 is 11.8 Å². The van der Waals surface area contributed by atoms with Crippen LogP contribution in [0.2, 0.25) is 0 Å². The molecular weight excluding hydrogens is 310 g/mol. The summed E-state index contributed by atoms with van der Waals surface area (Å²) in [5.41, 5.74) is 0.613. The van der Waals surface area contributed by atoms with Crippen molar-refractivity contribution in [3.63, 3.8) is 0 Å². The molecule has 9 heteroatoms. The zero-order valence-corrected chi connectivity index (χ0v) is 12.6. The molecule has 0 aliphatic heterocycles. The van der Waals surface area contributed by atoms with E-state index in [1.54, 1.807) is 26.1 Å². The number of ether oxygens (including phenoxy) is 1. The van der Waals surface area contributed by atoms with Crippen LogP contribution in [0.4, 0.5) is 19.4 Å². The molecule has 2 heterocycles. The van der Waals surface area contributed by atoms with Gasteiger partial charge in [-0.2, -0.15) is 4.98 Å². The second-order valence-electron chi connectivity index (χ2n) is 4.78. The summed E-state index contributed by atoms with van der Waals surface area (Å²) in [6.45, 7) is 1.26. The summed E-state index contributed by atoms with van der Waals surface area (Å²) in [6, 6.07) is 5.80. The Morgan fingerprint density at radius 1 is 1.48 bits per heavy atom. The number of anilines is 1. The fourth-order valence-electron chi connectivity index (χ4n) is 1.73. The van der Waals surface area contributed by atoms with E-state index in [4.69, 9.17) is 9.26 Å². The summed E-state index contributed by atoms with van der Waals surface area (Å²) in [5.74, 6) is 0.863. The van der Waals surface area contributed by atoms with Crippen LogP contribution in [0.5, 0.6) is 5.88 Å². The van der Waals surface area contributed by atoms with Crippen molar-refractivity contribution in [2.24, 2.45) is 0 Å². The predicted octanol–water partition coefficient (Wildman–Crippen LogP) is 2.69. The summed E-state index contributed by atoms with van der Waals surface area (Å²) in [4.78, 5) is 17.4. The van der Waals surface area contributed by atoms with E-state index in [1.165, 1.54) is 17.0 Å². The minimum Gasteiger partial charge on any atom is -0.472 e.